The topological polar surface area (TPSA) is 27.7 Å². The minimum absolute atomic E-state index is 0.494. The maximum atomic E-state index is 6.78. The van der Waals surface area contributed by atoms with Gasteiger partial charge in [0.25, 0.3) is 0 Å². The maximum absolute atomic E-state index is 6.78. The van der Waals surface area contributed by atoms with E-state index in [1.165, 1.54) is 0 Å². The molecular weight excluding hydrogens is 357 g/mol. The molecule has 0 aliphatic heterocycles. The van der Waals surface area contributed by atoms with Gasteiger partial charge in [0.1, 0.15) is 0 Å². The van der Waals surface area contributed by atoms with Crippen molar-refractivity contribution < 1.29 is 12.3 Å². The molecule has 0 aromatic rings. The Morgan fingerprint density at radius 2 is 1.14 bits per heavy atom. The highest BCUT2D eigenvalue weighted by Crippen LogP contribution is 2.40. The first-order chi connectivity index (χ1) is 9.52. The third kappa shape index (κ3) is 8.18. The minimum Gasteiger partial charge on any atom is -0.458 e. The molecule has 0 aliphatic rings. The molecule has 0 rings (SSSR count). The first-order valence-electron chi connectivity index (χ1n) is 8.60. The summed E-state index contributed by atoms with van der Waals surface area (Å²) in [4.78, 5) is 0. The largest absolute Gasteiger partial charge is 0.458 e. The lowest BCUT2D eigenvalue weighted by molar-refractivity contribution is 0.368. The van der Waals surface area contributed by atoms with Gasteiger partial charge in [-0.1, -0.05) is 13.3 Å². The fourth-order valence-electron chi connectivity index (χ4n) is 3.56. The van der Waals surface area contributed by atoms with Crippen molar-refractivity contribution in [3.05, 3.63) is 0 Å². The predicted octanol–water partition coefficient (Wildman–Crippen LogP) is 5.29. The molecule has 0 fully saturated rings. The van der Waals surface area contributed by atoms with Crippen LogP contribution in [0.2, 0.25) is 77.2 Å². The zero-order chi connectivity index (χ0) is 18.0. The number of rotatable bonds is 9. The van der Waals surface area contributed by atoms with Crippen LogP contribution in [0.15, 0.2) is 0 Å². The SMILES string of the molecule is CCC([Si](C)(C)O[SiH](C)C)[Si](C)(O[Si](C)(C)C)O[Si](C)(C)C. The van der Waals surface area contributed by atoms with Crippen molar-refractivity contribution in [3.63, 3.8) is 0 Å². The highest BCUT2D eigenvalue weighted by atomic mass is 28.5. The van der Waals surface area contributed by atoms with Crippen LogP contribution in [-0.4, -0.2) is 42.6 Å². The molecule has 0 spiro atoms. The molecule has 0 saturated heterocycles. The van der Waals surface area contributed by atoms with Gasteiger partial charge in [0.05, 0.1) is 0 Å². The van der Waals surface area contributed by atoms with Crippen molar-refractivity contribution in [1.82, 2.24) is 0 Å². The molecule has 1 atom stereocenters. The molecule has 0 N–H and O–H groups in total. The van der Waals surface area contributed by atoms with Crippen molar-refractivity contribution >= 4 is 42.6 Å². The van der Waals surface area contributed by atoms with Gasteiger partial charge >= 0.3 is 8.56 Å². The summed E-state index contributed by atoms with van der Waals surface area (Å²) in [5.74, 6) is 0. The third-order valence-corrected chi connectivity index (χ3v) is 23.3. The molecule has 22 heavy (non-hydrogen) atoms. The zero-order valence-electron chi connectivity index (χ0n) is 17.1. The van der Waals surface area contributed by atoms with Crippen molar-refractivity contribution in [2.45, 2.75) is 90.5 Å². The van der Waals surface area contributed by atoms with Gasteiger partial charge in [-0.05, 0) is 72.0 Å². The molecule has 0 aliphatic carbocycles. The fraction of sp³-hybridized carbons (Fsp3) is 1.00. The predicted molar refractivity (Wildman–Crippen MR) is 112 cm³/mol. The third-order valence-electron chi connectivity index (χ3n) is 3.44. The molecule has 1 unspecified atom stereocenters. The van der Waals surface area contributed by atoms with Crippen LogP contribution >= 0.6 is 0 Å². The lowest BCUT2D eigenvalue weighted by Gasteiger charge is -2.47. The molecule has 0 amide bonds. The van der Waals surface area contributed by atoms with E-state index in [4.69, 9.17) is 12.3 Å². The fourth-order valence-corrected chi connectivity index (χ4v) is 28.9. The van der Waals surface area contributed by atoms with Crippen molar-refractivity contribution in [2.24, 2.45) is 0 Å². The Balaban J connectivity index is 5.70. The molecule has 0 radical (unpaired) electrons. The Hall–Kier alpha value is 0.964. The molecule has 0 heterocycles. The first kappa shape index (κ1) is 23.0. The summed E-state index contributed by atoms with van der Waals surface area (Å²) >= 11 is 0. The first-order valence-corrected chi connectivity index (χ1v) is 23.6. The highest BCUT2D eigenvalue weighted by molar-refractivity contribution is 6.98. The van der Waals surface area contributed by atoms with Crippen molar-refractivity contribution in [1.29, 1.82) is 0 Å². The Morgan fingerprint density at radius 1 is 0.773 bits per heavy atom. The van der Waals surface area contributed by atoms with Crippen molar-refractivity contribution in [2.75, 3.05) is 0 Å². The van der Waals surface area contributed by atoms with E-state index in [0.717, 1.165) is 6.42 Å². The Bertz CT molecular complexity index is 331. The standard InChI is InChI=1S/C14H40O3Si5/c1-13-14(21(10,11)15-18(2)3)22(12,16-19(4,5)6)17-20(7,8)9/h14,18H,13H2,1-12H3. The van der Waals surface area contributed by atoms with Crippen LogP contribution in [0.5, 0.6) is 0 Å². The van der Waals surface area contributed by atoms with Gasteiger partial charge < -0.3 is 12.3 Å². The lowest BCUT2D eigenvalue weighted by atomic mass is 10.6. The summed E-state index contributed by atoms with van der Waals surface area (Å²) in [6.45, 7) is 27.6. The van der Waals surface area contributed by atoms with E-state index >= 15 is 0 Å². The summed E-state index contributed by atoms with van der Waals surface area (Å²) in [5.41, 5.74) is 0. The van der Waals surface area contributed by atoms with Gasteiger partial charge in [0, 0.05) is 5.16 Å². The Morgan fingerprint density at radius 3 is 1.36 bits per heavy atom. The van der Waals surface area contributed by atoms with Gasteiger partial charge in [-0.15, -0.1) is 0 Å². The summed E-state index contributed by atoms with van der Waals surface area (Å²) in [5, 5.41) is 0.494. The van der Waals surface area contributed by atoms with Gasteiger partial charge in [-0.3, -0.25) is 0 Å². The maximum Gasteiger partial charge on any atom is 0.317 e. The molecular formula is C14H40O3Si5. The van der Waals surface area contributed by atoms with Crippen LogP contribution in [0.4, 0.5) is 0 Å². The van der Waals surface area contributed by atoms with E-state index in [1.807, 2.05) is 0 Å². The van der Waals surface area contributed by atoms with Gasteiger partial charge in [-0.2, -0.15) is 0 Å². The van der Waals surface area contributed by atoms with Crippen LogP contribution in [0, 0.1) is 0 Å². The van der Waals surface area contributed by atoms with Crippen LogP contribution in [0.25, 0.3) is 0 Å². The summed E-state index contributed by atoms with van der Waals surface area (Å²) in [6.07, 6.45) is 1.11. The zero-order valence-corrected chi connectivity index (χ0v) is 22.2. The van der Waals surface area contributed by atoms with E-state index < -0.39 is 42.6 Å². The van der Waals surface area contributed by atoms with E-state index in [1.54, 1.807) is 0 Å². The van der Waals surface area contributed by atoms with E-state index in [2.05, 4.69) is 78.9 Å². The monoisotopic (exact) mass is 396 g/mol. The second-order valence-corrected chi connectivity index (χ2v) is 29.5. The van der Waals surface area contributed by atoms with Gasteiger partial charge in [0.2, 0.25) is 0 Å². The van der Waals surface area contributed by atoms with Crippen LogP contribution in [-0.2, 0) is 12.3 Å². The molecule has 0 aromatic heterocycles. The molecule has 0 aromatic carbocycles. The lowest BCUT2D eigenvalue weighted by Crippen LogP contribution is -2.62. The summed E-state index contributed by atoms with van der Waals surface area (Å²) < 4.78 is 20.1. The smallest absolute Gasteiger partial charge is 0.317 e. The second-order valence-electron chi connectivity index (χ2n) is 9.18. The van der Waals surface area contributed by atoms with Crippen LogP contribution in [0.1, 0.15) is 13.3 Å². The molecule has 134 valence electrons. The molecule has 0 bridgehead atoms. The van der Waals surface area contributed by atoms with Gasteiger partial charge in [-0.25, -0.2) is 0 Å². The summed E-state index contributed by atoms with van der Waals surface area (Å²) in [6, 6.07) is 0. The average Bonchev–Trinajstić information content (AvgIpc) is 2.06. The van der Waals surface area contributed by atoms with Crippen LogP contribution in [0.3, 0.4) is 0 Å². The van der Waals surface area contributed by atoms with E-state index in [0.29, 0.717) is 5.16 Å². The molecule has 8 heteroatoms. The normalized spacial score (nSPS) is 16.2. The number of hydrogen-bond acceptors (Lipinski definition) is 3. The number of hydrogen-bond donors (Lipinski definition) is 0. The quantitative estimate of drug-likeness (QED) is 0.496. The second kappa shape index (κ2) is 7.90. The summed E-state index contributed by atoms with van der Waals surface area (Å²) in [7, 11) is -8.44. The highest BCUT2D eigenvalue weighted by Gasteiger charge is 2.53. The van der Waals surface area contributed by atoms with Gasteiger partial charge in [0.15, 0.2) is 34.0 Å². The van der Waals surface area contributed by atoms with Crippen LogP contribution < -0.4 is 0 Å². The van der Waals surface area contributed by atoms with Crippen molar-refractivity contribution in [3.8, 4) is 0 Å². The Labute approximate surface area is 145 Å². The molecule has 0 saturated carbocycles. The minimum atomic E-state index is -2.27. The molecule has 3 nitrogen and oxygen atoms in total. The van der Waals surface area contributed by atoms with E-state index in [-0.39, 0.29) is 0 Å². The van der Waals surface area contributed by atoms with E-state index in [9.17, 15) is 0 Å². The average molecular weight is 397 g/mol. The Kier molecular flexibility index (Phi) is 8.24.